The van der Waals surface area contributed by atoms with Crippen LogP contribution in [-0.2, 0) is 17.8 Å². The van der Waals surface area contributed by atoms with Crippen molar-refractivity contribution < 1.29 is 9.53 Å². The topological polar surface area (TPSA) is 50.4 Å². The van der Waals surface area contributed by atoms with Gasteiger partial charge in [0.05, 0.1) is 6.04 Å². The molecule has 0 aromatic heterocycles. The lowest BCUT2D eigenvalue weighted by atomic mass is 10.0. The van der Waals surface area contributed by atoms with Crippen molar-refractivity contribution in [2.24, 2.45) is 5.92 Å². The molecule has 1 amide bonds. The number of carbonyl (C=O) groups is 1. The molecule has 2 aromatic carbocycles. The number of halogens is 1. The van der Waals surface area contributed by atoms with E-state index in [4.69, 9.17) is 4.74 Å². The third-order valence-corrected chi connectivity index (χ3v) is 4.54. The summed E-state index contributed by atoms with van der Waals surface area (Å²) in [6.07, 6.45) is 1.70. The maximum absolute atomic E-state index is 12.8. The van der Waals surface area contributed by atoms with Crippen LogP contribution in [-0.4, -0.2) is 24.0 Å². The molecule has 0 aliphatic heterocycles. The standard InChI is InChI=1S/C25H36N2O2.ClH/c1-19(2)15-16-26-23(24(28)27-25(3,4)5)17-20-11-13-22(14-12-20)29-18-21-9-7-6-8-10-21;/h6-14,19,23,26H,15-18H2,1-5H3,(H,27,28);1H. The first-order valence-electron chi connectivity index (χ1n) is 10.5. The summed E-state index contributed by atoms with van der Waals surface area (Å²) < 4.78 is 5.86. The van der Waals surface area contributed by atoms with Crippen molar-refractivity contribution >= 4 is 18.3 Å². The van der Waals surface area contributed by atoms with Crippen LogP contribution in [0.15, 0.2) is 54.6 Å². The second-order valence-corrected chi connectivity index (χ2v) is 9.05. The maximum atomic E-state index is 12.8. The largest absolute Gasteiger partial charge is 0.489 e. The quantitative estimate of drug-likeness (QED) is 0.545. The van der Waals surface area contributed by atoms with Crippen molar-refractivity contribution in [3.05, 3.63) is 65.7 Å². The minimum absolute atomic E-state index is 0. The Bertz CT molecular complexity index is 740. The van der Waals surface area contributed by atoms with Crippen LogP contribution in [0.25, 0.3) is 0 Å². The summed E-state index contributed by atoms with van der Waals surface area (Å²) in [7, 11) is 0. The highest BCUT2D eigenvalue weighted by atomic mass is 35.5. The number of rotatable bonds is 10. The Kier molecular flexibility index (Phi) is 10.9. The van der Waals surface area contributed by atoms with Crippen LogP contribution in [0.2, 0.25) is 0 Å². The number of hydrogen-bond acceptors (Lipinski definition) is 3. The monoisotopic (exact) mass is 432 g/mol. The van der Waals surface area contributed by atoms with Gasteiger partial charge in [-0.15, -0.1) is 12.4 Å². The van der Waals surface area contributed by atoms with E-state index in [0.29, 0.717) is 18.9 Å². The molecule has 0 bridgehead atoms. The molecule has 0 radical (unpaired) electrons. The Morgan fingerprint density at radius 2 is 1.60 bits per heavy atom. The number of carbonyl (C=O) groups excluding carboxylic acids is 1. The van der Waals surface area contributed by atoms with Crippen molar-refractivity contribution in [2.45, 2.75) is 65.6 Å². The van der Waals surface area contributed by atoms with E-state index in [9.17, 15) is 4.79 Å². The van der Waals surface area contributed by atoms with Crippen LogP contribution in [0.1, 0.15) is 52.2 Å². The van der Waals surface area contributed by atoms with Crippen molar-refractivity contribution in [1.82, 2.24) is 10.6 Å². The molecular formula is C25H37ClN2O2. The molecule has 30 heavy (non-hydrogen) atoms. The highest BCUT2D eigenvalue weighted by molar-refractivity contribution is 5.85. The van der Waals surface area contributed by atoms with Crippen LogP contribution in [0.5, 0.6) is 5.75 Å². The summed E-state index contributed by atoms with van der Waals surface area (Å²) in [5.74, 6) is 1.49. The fourth-order valence-electron chi connectivity index (χ4n) is 2.96. The minimum Gasteiger partial charge on any atom is -0.489 e. The number of amides is 1. The molecule has 1 atom stereocenters. The van der Waals surface area contributed by atoms with Gasteiger partial charge in [0.15, 0.2) is 0 Å². The lowest BCUT2D eigenvalue weighted by molar-refractivity contribution is -0.124. The van der Waals surface area contributed by atoms with Crippen LogP contribution in [0.4, 0.5) is 0 Å². The van der Waals surface area contributed by atoms with Crippen molar-refractivity contribution in [1.29, 1.82) is 0 Å². The normalized spacial score (nSPS) is 12.2. The molecule has 2 aromatic rings. The van der Waals surface area contributed by atoms with Gasteiger partial charge in [0, 0.05) is 5.54 Å². The Morgan fingerprint density at radius 3 is 2.17 bits per heavy atom. The van der Waals surface area contributed by atoms with E-state index in [-0.39, 0.29) is 29.9 Å². The molecule has 2 N–H and O–H groups in total. The average molecular weight is 433 g/mol. The molecular weight excluding hydrogens is 396 g/mol. The van der Waals surface area contributed by atoms with E-state index in [1.165, 1.54) is 0 Å². The molecule has 166 valence electrons. The fraction of sp³-hybridized carbons (Fsp3) is 0.480. The Balaban J connectivity index is 0.00000450. The smallest absolute Gasteiger partial charge is 0.237 e. The maximum Gasteiger partial charge on any atom is 0.237 e. The first kappa shape index (κ1) is 26.0. The number of nitrogens with one attached hydrogen (secondary N) is 2. The van der Waals surface area contributed by atoms with Crippen LogP contribution in [0.3, 0.4) is 0 Å². The second-order valence-electron chi connectivity index (χ2n) is 9.05. The molecule has 4 nitrogen and oxygen atoms in total. The Morgan fingerprint density at radius 1 is 0.967 bits per heavy atom. The van der Waals surface area contributed by atoms with E-state index >= 15 is 0 Å². The van der Waals surface area contributed by atoms with Gasteiger partial charge in [0.2, 0.25) is 5.91 Å². The van der Waals surface area contributed by atoms with E-state index < -0.39 is 0 Å². The van der Waals surface area contributed by atoms with E-state index in [1.807, 2.05) is 63.2 Å². The number of hydrogen-bond donors (Lipinski definition) is 2. The summed E-state index contributed by atoms with van der Waals surface area (Å²) >= 11 is 0. The Labute approximate surface area is 188 Å². The van der Waals surface area contributed by atoms with Crippen LogP contribution >= 0.6 is 12.4 Å². The van der Waals surface area contributed by atoms with E-state index in [0.717, 1.165) is 29.8 Å². The van der Waals surface area contributed by atoms with E-state index in [1.54, 1.807) is 0 Å². The van der Waals surface area contributed by atoms with Gasteiger partial charge in [-0.25, -0.2) is 0 Å². The number of benzene rings is 2. The highest BCUT2D eigenvalue weighted by Gasteiger charge is 2.22. The molecule has 0 spiro atoms. The fourth-order valence-corrected chi connectivity index (χ4v) is 2.96. The summed E-state index contributed by atoms with van der Waals surface area (Å²) in [5, 5.41) is 6.54. The zero-order chi connectivity index (χ0) is 21.3. The summed E-state index contributed by atoms with van der Waals surface area (Å²) in [5.41, 5.74) is 2.01. The molecule has 2 rings (SSSR count). The van der Waals surface area contributed by atoms with Gasteiger partial charge in [-0.3, -0.25) is 4.79 Å². The molecule has 5 heteroatoms. The highest BCUT2D eigenvalue weighted by Crippen LogP contribution is 2.16. The van der Waals surface area contributed by atoms with Gasteiger partial charge in [0.1, 0.15) is 12.4 Å². The lowest BCUT2D eigenvalue weighted by Crippen LogP contribution is -2.51. The summed E-state index contributed by atoms with van der Waals surface area (Å²) in [6.45, 7) is 11.8. The average Bonchev–Trinajstić information content (AvgIpc) is 2.66. The lowest BCUT2D eigenvalue weighted by Gasteiger charge is -2.26. The molecule has 0 fully saturated rings. The zero-order valence-electron chi connectivity index (χ0n) is 18.9. The third kappa shape index (κ3) is 10.1. The van der Waals surface area contributed by atoms with Crippen molar-refractivity contribution in [2.75, 3.05) is 6.54 Å². The molecule has 0 saturated heterocycles. The number of ether oxygens (including phenoxy) is 1. The zero-order valence-corrected chi connectivity index (χ0v) is 19.7. The van der Waals surface area contributed by atoms with Crippen LogP contribution in [0, 0.1) is 5.92 Å². The summed E-state index contributed by atoms with van der Waals surface area (Å²) in [4.78, 5) is 12.8. The predicted molar refractivity (Wildman–Crippen MR) is 127 cm³/mol. The van der Waals surface area contributed by atoms with Crippen molar-refractivity contribution in [3.8, 4) is 5.75 Å². The molecule has 0 heterocycles. The molecule has 1 unspecified atom stereocenters. The molecule has 0 aliphatic rings. The molecule has 0 aliphatic carbocycles. The first-order chi connectivity index (χ1) is 13.7. The molecule has 0 saturated carbocycles. The third-order valence-electron chi connectivity index (χ3n) is 4.54. The van der Waals surface area contributed by atoms with Crippen LogP contribution < -0.4 is 15.4 Å². The van der Waals surface area contributed by atoms with Gasteiger partial charge in [-0.2, -0.15) is 0 Å². The van der Waals surface area contributed by atoms with Gasteiger partial charge < -0.3 is 15.4 Å². The summed E-state index contributed by atoms with van der Waals surface area (Å²) in [6, 6.07) is 17.9. The first-order valence-corrected chi connectivity index (χ1v) is 10.5. The predicted octanol–water partition coefficient (Wildman–Crippen LogP) is 5.15. The van der Waals surface area contributed by atoms with Gasteiger partial charge >= 0.3 is 0 Å². The van der Waals surface area contributed by atoms with Crippen molar-refractivity contribution in [3.63, 3.8) is 0 Å². The minimum atomic E-state index is -0.246. The SMILES string of the molecule is CC(C)CCNC(Cc1ccc(OCc2ccccc2)cc1)C(=O)NC(C)(C)C.Cl. The van der Waals surface area contributed by atoms with Gasteiger partial charge in [0.25, 0.3) is 0 Å². The Hall–Kier alpha value is -2.04. The van der Waals surface area contributed by atoms with Gasteiger partial charge in [-0.05, 0) is 69.3 Å². The van der Waals surface area contributed by atoms with E-state index in [2.05, 4.69) is 36.6 Å². The second kappa shape index (κ2) is 12.6. The van der Waals surface area contributed by atoms with Gasteiger partial charge in [-0.1, -0.05) is 56.3 Å².